The van der Waals surface area contributed by atoms with E-state index in [2.05, 4.69) is 21.2 Å². The number of hydrogen-bond acceptors (Lipinski definition) is 5. The maximum Gasteiger partial charge on any atom is 0.259 e. The lowest BCUT2D eigenvalue weighted by atomic mass is 10.2. The van der Waals surface area contributed by atoms with Gasteiger partial charge in [-0.3, -0.25) is 4.79 Å². The first-order chi connectivity index (χ1) is 13.3. The minimum atomic E-state index is -3.74. The van der Waals surface area contributed by atoms with Crippen molar-refractivity contribution in [1.82, 2.24) is 4.31 Å². The number of carbonyl (C=O) groups excluding carboxylic acids is 1. The molecule has 1 aliphatic rings. The molecule has 0 saturated carbocycles. The molecule has 0 atom stereocenters. The van der Waals surface area contributed by atoms with Gasteiger partial charge in [-0.25, -0.2) is 8.42 Å². The van der Waals surface area contributed by atoms with Crippen molar-refractivity contribution < 1.29 is 22.7 Å². The van der Waals surface area contributed by atoms with Crippen molar-refractivity contribution in [3.8, 4) is 5.75 Å². The van der Waals surface area contributed by atoms with Gasteiger partial charge in [0.25, 0.3) is 5.91 Å². The predicted octanol–water partition coefficient (Wildman–Crippen LogP) is 3.38. The van der Waals surface area contributed by atoms with Crippen molar-refractivity contribution in [2.75, 3.05) is 38.7 Å². The molecule has 1 heterocycles. The van der Waals surface area contributed by atoms with Gasteiger partial charge in [-0.1, -0.05) is 27.5 Å². The number of morpholine rings is 1. The van der Waals surface area contributed by atoms with Crippen LogP contribution in [0.25, 0.3) is 0 Å². The number of ether oxygens (including phenoxy) is 2. The van der Waals surface area contributed by atoms with E-state index in [0.29, 0.717) is 23.9 Å². The summed E-state index contributed by atoms with van der Waals surface area (Å²) in [7, 11) is -2.33. The first kappa shape index (κ1) is 21.1. The average Bonchev–Trinajstić information content (AvgIpc) is 2.70. The maximum atomic E-state index is 12.9. The van der Waals surface area contributed by atoms with Gasteiger partial charge in [-0.2, -0.15) is 4.31 Å². The number of anilines is 1. The summed E-state index contributed by atoms with van der Waals surface area (Å²) in [5, 5.41) is 3.03. The molecule has 3 rings (SSSR count). The normalized spacial score (nSPS) is 15.2. The molecule has 0 radical (unpaired) electrons. The number of amides is 1. The zero-order chi connectivity index (χ0) is 20.3. The molecule has 1 saturated heterocycles. The van der Waals surface area contributed by atoms with Crippen LogP contribution >= 0.6 is 27.5 Å². The number of rotatable bonds is 5. The molecule has 0 spiro atoms. The fraction of sp³-hybridized carbons (Fsp3) is 0.278. The van der Waals surface area contributed by atoms with Gasteiger partial charge in [0.15, 0.2) is 0 Å². The molecule has 0 bridgehead atoms. The highest BCUT2D eigenvalue weighted by Gasteiger charge is 2.28. The van der Waals surface area contributed by atoms with Crippen LogP contribution in [0.3, 0.4) is 0 Å². The lowest BCUT2D eigenvalue weighted by Crippen LogP contribution is -2.40. The fourth-order valence-electron chi connectivity index (χ4n) is 2.74. The maximum absolute atomic E-state index is 12.9. The number of carbonyl (C=O) groups is 1. The number of halogens is 2. The van der Waals surface area contributed by atoms with Crippen LogP contribution in [0, 0.1) is 0 Å². The molecule has 7 nitrogen and oxygen atoms in total. The van der Waals surface area contributed by atoms with E-state index in [1.165, 1.54) is 29.6 Å². The molecule has 10 heteroatoms. The first-order valence-corrected chi connectivity index (χ1v) is 11.0. The van der Waals surface area contributed by atoms with Gasteiger partial charge in [0.05, 0.1) is 41.5 Å². The second-order valence-electron chi connectivity index (χ2n) is 5.96. The predicted molar refractivity (Wildman–Crippen MR) is 110 cm³/mol. The minimum absolute atomic E-state index is 0.0160. The first-order valence-electron chi connectivity index (χ1n) is 8.35. The molecular formula is C18H18BrClN2O5S. The van der Waals surface area contributed by atoms with Crippen LogP contribution in [-0.4, -0.2) is 52.0 Å². The lowest BCUT2D eigenvalue weighted by molar-refractivity contribution is 0.0730. The number of sulfonamides is 1. The molecular weight excluding hydrogens is 472 g/mol. The lowest BCUT2D eigenvalue weighted by Gasteiger charge is -2.26. The summed E-state index contributed by atoms with van der Waals surface area (Å²) in [6.07, 6.45) is 0. The number of hydrogen-bond donors (Lipinski definition) is 1. The Labute approximate surface area is 176 Å². The van der Waals surface area contributed by atoms with Crippen LogP contribution in [-0.2, 0) is 14.8 Å². The van der Waals surface area contributed by atoms with E-state index >= 15 is 0 Å². The third-order valence-electron chi connectivity index (χ3n) is 4.20. The molecule has 1 N–H and O–H groups in total. The average molecular weight is 490 g/mol. The van der Waals surface area contributed by atoms with Crippen LogP contribution < -0.4 is 10.1 Å². The Morgan fingerprint density at radius 3 is 2.57 bits per heavy atom. The van der Waals surface area contributed by atoms with Crippen molar-refractivity contribution in [1.29, 1.82) is 0 Å². The number of nitrogens with zero attached hydrogens (tertiary/aromatic N) is 1. The van der Waals surface area contributed by atoms with E-state index in [1.807, 2.05) is 0 Å². The van der Waals surface area contributed by atoms with Gasteiger partial charge in [-0.05, 0) is 36.4 Å². The summed E-state index contributed by atoms with van der Waals surface area (Å²) in [5.74, 6) is -0.272. The quantitative estimate of drug-likeness (QED) is 0.696. The van der Waals surface area contributed by atoms with E-state index in [4.69, 9.17) is 21.1 Å². The number of nitrogens with one attached hydrogen (secondary N) is 1. The SMILES string of the molecule is COc1ccc(S(=O)(=O)N2CCOCC2)cc1C(=O)Nc1ccc(Br)cc1Cl. The Kier molecular flexibility index (Phi) is 6.61. The van der Waals surface area contributed by atoms with Crippen molar-refractivity contribution >= 4 is 49.1 Å². The van der Waals surface area contributed by atoms with Gasteiger partial charge in [0.2, 0.25) is 10.0 Å². The summed E-state index contributed by atoms with van der Waals surface area (Å²) in [6.45, 7) is 1.21. The second-order valence-corrected chi connectivity index (χ2v) is 9.22. The van der Waals surface area contributed by atoms with Crippen LogP contribution in [0.2, 0.25) is 5.02 Å². The third-order valence-corrected chi connectivity index (χ3v) is 6.90. The summed E-state index contributed by atoms with van der Waals surface area (Å²) >= 11 is 9.45. The Morgan fingerprint density at radius 1 is 1.21 bits per heavy atom. The van der Waals surface area contributed by atoms with E-state index in [1.54, 1.807) is 18.2 Å². The van der Waals surface area contributed by atoms with Crippen molar-refractivity contribution in [2.45, 2.75) is 4.90 Å². The van der Waals surface area contributed by atoms with Crippen LogP contribution in [0.4, 0.5) is 5.69 Å². The van der Waals surface area contributed by atoms with Gasteiger partial charge in [0, 0.05) is 17.6 Å². The molecule has 1 aliphatic heterocycles. The molecule has 0 aliphatic carbocycles. The summed E-state index contributed by atoms with van der Waals surface area (Å²) in [5.41, 5.74) is 0.495. The highest BCUT2D eigenvalue weighted by atomic mass is 79.9. The Hall–Kier alpha value is -1.65. The second kappa shape index (κ2) is 8.79. The number of benzene rings is 2. The van der Waals surface area contributed by atoms with Crippen molar-refractivity contribution in [2.24, 2.45) is 0 Å². The Balaban J connectivity index is 1.93. The highest BCUT2D eigenvalue weighted by Crippen LogP contribution is 2.29. The highest BCUT2D eigenvalue weighted by molar-refractivity contribution is 9.10. The van der Waals surface area contributed by atoms with Gasteiger partial charge < -0.3 is 14.8 Å². The van der Waals surface area contributed by atoms with Gasteiger partial charge >= 0.3 is 0 Å². The molecule has 150 valence electrons. The van der Waals surface area contributed by atoms with Crippen LogP contribution in [0.1, 0.15) is 10.4 Å². The zero-order valence-corrected chi connectivity index (χ0v) is 18.1. The summed E-state index contributed by atoms with van der Waals surface area (Å²) < 4.78 is 38.3. The van der Waals surface area contributed by atoms with Gasteiger partial charge in [0.1, 0.15) is 5.75 Å². The van der Waals surface area contributed by atoms with E-state index in [0.717, 1.165) is 4.47 Å². The molecule has 1 fully saturated rings. The molecule has 2 aromatic carbocycles. The topological polar surface area (TPSA) is 84.9 Å². The molecule has 1 amide bonds. The zero-order valence-electron chi connectivity index (χ0n) is 14.9. The van der Waals surface area contributed by atoms with Crippen LogP contribution in [0.15, 0.2) is 45.8 Å². The summed E-state index contributed by atoms with van der Waals surface area (Å²) in [4.78, 5) is 12.8. The minimum Gasteiger partial charge on any atom is -0.496 e. The molecule has 0 unspecified atom stereocenters. The number of methoxy groups -OCH3 is 1. The third kappa shape index (κ3) is 4.49. The monoisotopic (exact) mass is 488 g/mol. The Morgan fingerprint density at radius 2 is 1.93 bits per heavy atom. The van der Waals surface area contributed by atoms with Crippen molar-refractivity contribution in [3.05, 3.63) is 51.5 Å². The van der Waals surface area contributed by atoms with E-state index in [9.17, 15) is 13.2 Å². The smallest absolute Gasteiger partial charge is 0.259 e. The van der Waals surface area contributed by atoms with E-state index in [-0.39, 0.29) is 29.3 Å². The largest absolute Gasteiger partial charge is 0.496 e. The Bertz CT molecular complexity index is 993. The standard InChI is InChI=1S/C18H18BrClN2O5S/c1-26-17-5-3-13(28(24,25)22-6-8-27-9-7-22)11-14(17)18(23)21-16-4-2-12(19)10-15(16)20/h2-5,10-11H,6-9H2,1H3,(H,21,23). The molecule has 0 aromatic heterocycles. The molecule has 2 aromatic rings. The van der Waals surface area contributed by atoms with Gasteiger partial charge in [-0.15, -0.1) is 0 Å². The fourth-order valence-corrected chi connectivity index (χ4v) is 4.90. The van der Waals surface area contributed by atoms with E-state index < -0.39 is 15.9 Å². The molecule has 28 heavy (non-hydrogen) atoms. The van der Waals surface area contributed by atoms with Crippen molar-refractivity contribution in [3.63, 3.8) is 0 Å². The summed E-state index contributed by atoms with van der Waals surface area (Å²) in [6, 6.07) is 9.22. The van der Waals surface area contributed by atoms with Crippen LogP contribution in [0.5, 0.6) is 5.75 Å².